The van der Waals surface area contributed by atoms with Gasteiger partial charge in [-0.3, -0.25) is 9.20 Å². The number of aryl methyl sites for hydroxylation is 1. The lowest BCUT2D eigenvalue weighted by atomic mass is 10.1. The van der Waals surface area contributed by atoms with Gasteiger partial charge < -0.3 is 5.32 Å². The minimum atomic E-state index is -0.193. The molecule has 0 unspecified atom stereocenters. The van der Waals surface area contributed by atoms with Gasteiger partial charge in [-0.1, -0.05) is 12.1 Å². The van der Waals surface area contributed by atoms with Crippen molar-refractivity contribution in [1.82, 2.24) is 19.7 Å². The maximum atomic E-state index is 12.7. The molecule has 1 N–H and O–H groups in total. The molecule has 1 aromatic carbocycles. The van der Waals surface area contributed by atoms with Crippen LogP contribution in [-0.2, 0) is 0 Å². The van der Waals surface area contributed by atoms with E-state index in [-0.39, 0.29) is 11.9 Å². The summed E-state index contributed by atoms with van der Waals surface area (Å²) in [7, 11) is 0. The summed E-state index contributed by atoms with van der Waals surface area (Å²) in [6, 6.07) is 11.5. The third kappa shape index (κ3) is 2.93. The van der Waals surface area contributed by atoms with Crippen LogP contribution in [0, 0.1) is 24.2 Å². The van der Waals surface area contributed by atoms with Crippen LogP contribution in [0.5, 0.6) is 0 Å². The zero-order valence-corrected chi connectivity index (χ0v) is 14.7. The summed E-state index contributed by atoms with van der Waals surface area (Å²) in [5.74, 6) is 0.383. The summed E-state index contributed by atoms with van der Waals surface area (Å²) in [6.45, 7) is 3.98. The van der Waals surface area contributed by atoms with Crippen molar-refractivity contribution >= 4 is 11.6 Å². The lowest BCUT2D eigenvalue weighted by Crippen LogP contribution is -2.34. The monoisotopic (exact) mass is 345 g/mol. The van der Waals surface area contributed by atoms with Gasteiger partial charge in [0.1, 0.15) is 6.33 Å². The van der Waals surface area contributed by atoms with Gasteiger partial charge in [-0.2, -0.15) is 5.26 Å². The Bertz CT molecular complexity index is 1040. The van der Waals surface area contributed by atoms with Crippen LogP contribution in [0.1, 0.15) is 41.5 Å². The van der Waals surface area contributed by atoms with E-state index in [0.29, 0.717) is 22.8 Å². The fraction of sp³-hybridized carbons (Fsp3) is 0.300. The number of nitriles is 1. The number of benzene rings is 1. The Morgan fingerprint density at radius 1 is 1.38 bits per heavy atom. The highest BCUT2D eigenvalue weighted by Crippen LogP contribution is 2.32. The van der Waals surface area contributed by atoms with Gasteiger partial charge in [0.05, 0.1) is 17.3 Å². The predicted molar refractivity (Wildman–Crippen MR) is 97.5 cm³/mol. The van der Waals surface area contributed by atoms with Gasteiger partial charge in [0.2, 0.25) is 0 Å². The molecule has 0 spiro atoms. The number of nitrogens with one attached hydrogen (secondary N) is 1. The molecule has 6 nitrogen and oxygen atoms in total. The van der Waals surface area contributed by atoms with Crippen molar-refractivity contribution in [3.05, 3.63) is 53.6 Å². The lowest BCUT2D eigenvalue weighted by Gasteiger charge is -2.12. The van der Waals surface area contributed by atoms with Gasteiger partial charge in [-0.15, -0.1) is 0 Å². The fourth-order valence-electron chi connectivity index (χ4n) is 3.17. The van der Waals surface area contributed by atoms with Crippen molar-refractivity contribution in [3.8, 4) is 17.3 Å². The number of amides is 1. The quantitative estimate of drug-likeness (QED) is 0.787. The molecule has 2 aromatic heterocycles. The largest absolute Gasteiger partial charge is 0.348 e. The summed E-state index contributed by atoms with van der Waals surface area (Å²) >= 11 is 0. The minimum Gasteiger partial charge on any atom is -0.348 e. The third-order valence-electron chi connectivity index (χ3n) is 4.88. The molecule has 1 saturated carbocycles. The van der Waals surface area contributed by atoms with Crippen LogP contribution in [0.25, 0.3) is 16.9 Å². The van der Waals surface area contributed by atoms with E-state index in [1.807, 2.05) is 36.4 Å². The maximum Gasteiger partial charge on any atom is 0.274 e. The lowest BCUT2D eigenvalue weighted by molar-refractivity contribution is 0.0933. The second-order valence-electron chi connectivity index (χ2n) is 6.86. The summed E-state index contributed by atoms with van der Waals surface area (Å²) in [6.07, 6.45) is 3.97. The molecule has 1 amide bonds. The summed E-state index contributed by atoms with van der Waals surface area (Å²) in [5, 5.41) is 12.2. The normalized spacial score (nSPS) is 14.8. The molecular weight excluding hydrogens is 326 g/mol. The van der Waals surface area contributed by atoms with Crippen LogP contribution in [0.3, 0.4) is 0 Å². The number of hydrogen-bond acceptors (Lipinski definition) is 4. The maximum absolute atomic E-state index is 12.7. The molecule has 0 bridgehead atoms. The molecule has 1 aliphatic carbocycles. The van der Waals surface area contributed by atoms with E-state index in [2.05, 4.69) is 21.4 Å². The zero-order valence-electron chi connectivity index (χ0n) is 14.7. The smallest absolute Gasteiger partial charge is 0.274 e. The van der Waals surface area contributed by atoms with Gasteiger partial charge in [-0.05, 0) is 50.8 Å². The van der Waals surface area contributed by atoms with Crippen molar-refractivity contribution in [2.24, 2.45) is 5.92 Å². The number of imidazole rings is 1. The average Bonchev–Trinajstić information content (AvgIpc) is 3.41. The molecule has 1 fully saturated rings. The Labute approximate surface area is 151 Å². The molecule has 26 heavy (non-hydrogen) atoms. The Morgan fingerprint density at radius 3 is 2.92 bits per heavy atom. The van der Waals surface area contributed by atoms with Crippen molar-refractivity contribution in [3.63, 3.8) is 0 Å². The Morgan fingerprint density at radius 2 is 2.19 bits per heavy atom. The van der Waals surface area contributed by atoms with Crippen LogP contribution >= 0.6 is 0 Å². The number of fused-ring (bicyclic) bond motifs is 1. The molecule has 6 heteroatoms. The molecule has 4 rings (SSSR count). The molecule has 0 aliphatic heterocycles. The number of rotatable bonds is 4. The van der Waals surface area contributed by atoms with Crippen LogP contribution in [-0.4, -0.2) is 26.3 Å². The van der Waals surface area contributed by atoms with Crippen LogP contribution in [0.2, 0.25) is 0 Å². The SMILES string of the molecule is Cc1cc(-c2cccc(C#N)c2)nc2c(C(=O)N[C@@H](C)C3CC3)ncn12. The van der Waals surface area contributed by atoms with Crippen molar-refractivity contribution < 1.29 is 4.79 Å². The predicted octanol–water partition coefficient (Wildman–Crippen LogP) is 3.10. The van der Waals surface area contributed by atoms with E-state index >= 15 is 0 Å². The zero-order chi connectivity index (χ0) is 18.3. The molecular formula is C20H19N5O. The summed E-state index contributed by atoms with van der Waals surface area (Å²) in [5.41, 5.74) is 3.92. The van der Waals surface area contributed by atoms with Crippen molar-refractivity contribution in [1.29, 1.82) is 5.26 Å². The Hall–Kier alpha value is -3.20. The number of carbonyl (C=O) groups is 1. The first-order chi connectivity index (χ1) is 12.6. The molecule has 1 atom stereocenters. The first-order valence-corrected chi connectivity index (χ1v) is 8.73. The Balaban J connectivity index is 1.75. The van der Waals surface area contributed by atoms with Crippen LogP contribution in [0.4, 0.5) is 0 Å². The van der Waals surface area contributed by atoms with Crippen LogP contribution < -0.4 is 5.32 Å². The molecule has 0 radical (unpaired) electrons. The highest BCUT2D eigenvalue weighted by atomic mass is 16.2. The van der Waals surface area contributed by atoms with Gasteiger partial charge >= 0.3 is 0 Å². The van der Waals surface area contributed by atoms with Crippen LogP contribution in [0.15, 0.2) is 36.7 Å². The second-order valence-corrected chi connectivity index (χ2v) is 6.86. The highest BCUT2D eigenvalue weighted by molar-refractivity contribution is 5.98. The third-order valence-corrected chi connectivity index (χ3v) is 4.88. The molecule has 1 aliphatic rings. The summed E-state index contributed by atoms with van der Waals surface area (Å²) in [4.78, 5) is 21.6. The first-order valence-electron chi connectivity index (χ1n) is 8.73. The topological polar surface area (TPSA) is 83.1 Å². The number of carbonyl (C=O) groups excluding carboxylic acids is 1. The summed E-state index contributed by atoms with van der Waals surface area (Å²) < 4.78 is 1.81. The number of aromatic nitrogens is 3. The second kappa shape index (κ2) is 6.26. The fourth-order valence-corrected chi connectivity index (χ4v) is 3.17. The molecule has 130 valence electrons. The average molecular weight is 345 g/mol. The van der Waals surface area contributed by atoms with Crippen molar-refractivity contribution in [2.75, 3.05) is 0 Å². The highest BCUT2D eigenvalue weighted by Gasteiger charge is 2.30. The van der Waals surface area contributed by atoms with Crippen molar-refractivity contribution in [2.45, 2.75) is 32.7 Å². The number of nitrogens with zero attached hydrogens (tertiary/aromatic N) is 4. The van der Waals surface area contributed by atoms with E-state index in [4.69, 9.17) is 5.26 Å². The first kappa shape index (κ1) is 16.3. The van der Waals surface area contributed by atoms with E-state index < -0.39 is 0 Å². The Kier molecular flexibility index (Phi) is 3.92. The van der Waals surface area contributed by atoms with Gasteiger partial charge in [0, 0.05) is 17.3 Å². The van der Waals surface area contributed by atoms with Gasteiger partial charge in [-0.25, -0.2) is 9.97 Å². The van der Waals surface area contributed by atoms with E-state index in [1.54, 1.807) is 18.5 Å². The minimum absolute atomic E-state index is 0.149. The van der Waals surface area contributed by atoms with Gasteiger partial charge in [0.15, 0.2) is 11.3 Å². The van der Waals surface area contributed by atoms with E-state index in [1.165, 1.54) is 12.8 Å². The number of hydrogen-bond donors (Lipinski definition) is 1. The standard InChI is InChI=1S/C20H19N5O/c1-12-8-17(16-5-3-4-14(9-16)10-21)24-19-18(22-11-25(12)19)20(26)23-13(2)15-6-7-15/h3-5,8-9,11,13,15H,6-7H2,1-2H3,(H,23,26)/t13-/m0/s1. The molecule has 3 aromatic rings. The molecule has 2 heterocycles. The van der Waals surface area contributed by atoms with E-state index in [9.17, 15) is 4.79 Å². The van der Waals surface area contributed by atoms with E-state index in [0.717, 1.165) is 17.0 Å². The van der Waals surface area contributed by atoms with Gasteiger partial charge in [0.25, 0.3) is 5.91 Å². The molecule has 0 saturated heterocycles.